The van der Waals surface area contributed by atoms with Crippen LogP contribution in [0.25, 0.3) is 11.0 Å². The van der Waals surface area contributed by atoms with Crippen molar-refractivity contribution in [3.63, 3.8) is 0 Å². The fourth-order valence-electron chi connectivity index (χ4n) is 2.85. The molecule has 26 heavy (non-hydrogen) atoms. The SMILES string of the molecule is COc1ccc2c(CC(=O)NC(C)(C)c3ccc(F)c(F)c3)coc2c1. The highest BCUT2D eigenvalue weighted by Crippen LogP contribution is 2.27. The van der Waals surface area contributed by atoms with Crippen LogP contribution >= 0.6 is 0 Å². The lowest BCUT2D eigenvalue weighted by atomic mass is 9.93. The normalized spacial score (nSPS) is 11.6. The summed E-state index contributed by atoms with van der Waals surface area (Å²) < 4.78 is 37.2. The number of fused-ring (bicyclic) bond motifs is 1. The summed E-state index contributed by atoms with van der Waals surface area (Å²) in [6, 6.07) is 8.98. The highest BCUT2D eigenvalue weighted by Gasteiger charge is 2.24. The summed E-state index contributed by atoms with van der Waals surface area (Å²) in [5.74, 6) is -1.45. The van der Waals surface area contributed by atoms with Crippen molar-refractivity contribution >= 4 is 16.9 Å². The van der Waals surface area contributed by atoms with Gasteiger partial charge in [0.05, 0.1) is 25.3 Å². The van der Waals surface area contributed by atoms with Crippen molar-refractivity contribution in [2.24, 2.45) is 0 Å². The lowest BCUT2D eigenvalue weighted by Gasteiger charge is -2.27. The number of ether oxygens (including phenoxy) is 1. The molecule has 1 heterocycles. The maximum absolute atomic E-state index is 13.5. The van der Waals surface area contributed by atoms with Gasteiger partial charge in [-0.05, 0) is 43.7 Å². The number of nitrogens with one attached hydrogen (secondary N) is 1. The Bertz CT molecular complexity index is 963. The Morgan fingerprint density at radius 2 is 1.92 bits per heavy atom. The van der Waals surface area contributed by atoms with E-state index in [1.807, 2.05) is 6.07 Å². The zero-order valence-corrected chi connectivity index (χ0v) is 14.7. The van der Waals surface area contributed by atoms with Crippen LogP contribution in [0, 0.1) is 11.6 Å². The lowest BCUT2D eigenvalue weighted by Crippen LogP contribution is -2.41. The van der Waals surface area contributed by atoms with Crippen molar-refractivity contribution in [2.45, 2.75) is 25.8 Å². The number of carbonyl (C=O) groups is 1. The Kier molecular flexibility index (Phi) is 4.68. The number of halogens is 2. The molecule has 0 aliphatic heterocycles. The monoisotopic (exact) mass is 359 g/mol. The van der Waals surface area contributed by atoms with Gasteiger partial charge in [-0.25, -0.2) is 8.78 Å². The molecular weight excluding hydrogens is 340 g/mol. The number of hydrogen-bond donors (Lipinski definition) is 1. The Labute approximate surface area is 149 Å². The Balaban J connectivity index is 1.76. The third kappa shape index (κ3) is 3.54. The van der Waals surface area contributed by atoms with E-state index in [9.17, 15) is 13.6 Å². The summed E-state index contributed by atoms with van der Waals surface area (Å²) in [6.45, 7) is 3.46. The molecule has 0 saturated heterocycles. The molecule has 1 amide bonds. The quantitative estimate of drug-likeness (QED) is 0.738. The van der Waals surface area contributed by atoms with Crippen LogP contribution in [0.4, 0.5) is 8.78 Å². The molecule has 0 aliphatic carbocycles. The van der Waals surface area contributed by atoms with Crippen molar-refractivity contribution in [3.05, 3.63) is 65.4 Å². The summed E-state index contributed by atoms with van der Waals surface area (Å²) >= 11 is 0. The first-order chi connectivity index (χ1) is 12.3. The minimum atomic E-state index is -0.945. The number of rotatable bonds is 5. The van der Waals surface area contributed by atoms with Gasteiger partial charge in [0.25, 0.3) is 0 Å². The van der Waals surface area contributed by atoms with Gasteiger partial charge < -0.3 is 14.5 Å². The zero-order valence-electron chi connectivity index (χ0n) is 14.7. The van der Waals surface area contributed by atoms with Crippen LogP contribution in [0.5, 0.6) is 5.75 Å². The standard InChI is InChI=1S/C20H19F2NO3/c1-20(2,13-4-7-16(21)17(22)9-13)23-19(24)8-12-11-26-18-10-14(25-3)5-6-15(12)18/h4-7,9-11H,8H2,1-3H3,(H,23,24). The van der Waals surface area contributed by atoms with Crippen LogP contribution in [0.1, 0.15) is 25.0 Å². The highest BCUT2D eigenvalue weighted by atomic mass is 19.2. The molecule has 0 atom stereocenters. The molecule has 0 bridgehead atoms. The third-order valence-corrected chi connectivity index (χ3v) is 4.31. The van der Waals surface area contributed by atoms with Gasteiger partial charge in [0.1, 0.15) is 11.3 Å². The number of furan rings is 1. The molecule has 0 saturated carbocycles. The average molecular weight is 359 g/mol. The van der Waals surface area contributed by atoms with Crippen molar-refractivity contribution < 1.29 is 22.7 Å². The first-order valence-electron chi connectivity index (χ1n) is 8.11. The smallest absolute Gasteiger partial charge is 0.225 e. The summed E-state index contributed by atoms with van der Waals surface area (Å²) in [5, 5.41) is 3.68. The Hall–Kier alpha value is -2.89. The second-order valence-electron chi connectivity index (χ2n) is 6.60. The Morgan fingerprint density at radius 1 is 1.15 bits per heavy atom. The van der Waals surface area contributed by atoms with Crippen LogP contribution in [-0.2, 0) is 16.8 Å². The minimum Gasteiger partial charge on any atom is -0.497 e. The van der Waals surface area contributed by atoms with E-state index in [1.54, 1.807) is 33.1 Å². The largest absolute Gasteiger partial charge is 0.497 e. The van der Waals surface area contributed by atoms with Crippen LogP contribution in [0.15, 0.2) is 47.1 Å². The zero-order chi connectivity index (χ0) is 18.9. The second-order valence-corrected chi connectivity index (χ2v) is 6.60. The molecule has 0 aliphatic rings. The lowest BCUT2D eigenvalue weighted by molar-refractivity contribution is -0.122. The summed E-state index contributed by atoms with van der Waals surface area (Å²) in [4.78, 5) is 12.5. The van der Waals surface area contributed by atoms with Crippen LogP contribution in [-0.4, -0.2) is 13.0 Å². The second kappa shape index (κ2) is 6.78. The average Bonchev–Trinajstić information content (AvgIpc) is 2.98. The van der Waals surface area contributed by atoms with Crippen molar-refractivity contribution in [1.82, 2.24) is 5.32 Å². The van der Waals surface area contributed by atoms with Gasteiger partial charge in [-0.3, -0.25) is 4.79 Å². The van der Waals surface area contributed by atoms with Crippen LogP contribution in [0.2, 0.25) is 0 Å². The first-order valence-corrected chi connectivity index (χ1v) is 8.11. The predicted octanol–water partition coefficient (Wildman–Crippen LogP) is 4.31. The number of methoxy groups -OCH3 is 1. The van der Waals surface area contributed by atoms with Gasteiger partial charge in [0, 0.05) is 17.0 Å². The number of benzene rings is 2. The molecule has 3 aromatic rings. The fourth-order valence-corrected chi connectivity index (χ4v) is 2.85. The first kappa shape index (κ1) is 17.9. The van der Waals surface area contributed by atoms with Crippen molar-refractivity contribution in [3.8, 4) is 5.75 Å². The van der Waals surface area contributed by atoms with E-state index in [4.69, 9.17) is 9.15 Å². The van der Waals surface area contributed by atoms with E-state index in [0.717, 1.165) is 23.1 Å². The van der Waals surface area contributed by atoms with E-state index in [2.05, 4.69) is 5.32 Å². The highest BCUT2D eigenvalue weighted by molar-refractivity contribution is 5.88. The van der Waals surface area contributed by atoms with E-state index < -0.39 is 17.2 Å². The number of amides is 1. The molecule has 1 aromatic heterocycles. The summed E-state index contributed by atoms with van der Waals surface area (Å²) in [6.07, 6.45) is 1.64. The number of hydrogen-bond acceptors (Lipinski definition) is 3. The minimum absolute atomic E-state index is 0.104. The molecule has 4 nitrogen and oxygen atoms in total. The molecule has 0 fully saturated rings. The van der Waals surface area contributed by atoms with Crippen molar-refractivity contribution in [1.29, 1.82) is 0 Å². The van der Waals surface area contributed by atoms with E-state index in [1.165, 1.54) is 12.3 Å². The Morgan fingerprint density at radius 3 is 2.62 bits per heavy atom. The maximum Gasteiger partial charge on any atom is 0.225 e. The summed E-state index contributed by atoms with van der Waals surface area (Å²) in [5.41, 5.74) is 0.994. The van der Waals surface area contributed by atoms with Crippen LogP contribution < -0.4 is 10.1 Å². The van der Waals surface area contributed by atoms with E-state index in [0.29, 0.717) is 16.9 Å². The van der Waals surface area contributed by atoms with Gasteiger partial charge in [0.2, 0.25) is 5.91 Å². The van der Waals surface area contributed by atoms with E-state index in [-0.39, 0.29) is 12.3 Å². The van der Waals surface area contributed by atoms with Gasteiger partial charge in [-0.2, -0.15) is 0 Å². The van der Waals surface area contributed by atoms with Gasteiger partial charge in [-0.1, -0.05) is 6.07 Å². The molecule has 0 unspecified atom stereocenters. The molecule has 0 radical (unpaired) electrons. The topological polar surface area (TPSA) is 51.5 Å². The summed E-state index contributed by atoms with van der Waals surface area (Å²) in [7, 11) is 1.57. The molecule has 6 heteroatoms. The molecule has 2 aromatic carbocycles. The predicted molar refractivity (Wildman–Crippen MR) is 94.0 cm³/mol. The fraction of sp³-hybridized carbons (Fsp3) is 0.250. The van der Waals surface area contributed by atoms with Crippen LogP contribution in [0.3, 0.4) is 0 Å². The van der Waals surface area contributed by atoms with Gasteiger partial charge in [0.15, 0.2) is 11.6 Å². The third-order valence-electron chi connectivity index (χ3n) is 4.31. The molecular formula is C20H19F2NO3. The molecule has 136 valence electrons. The molecule has 0 spiro atoms. The molecule has 1 N–H and O–H groups in total. The van der Waals surface area contributed by atoms with Gasteiger partial charge in [-0.15, -0.1) is 0 Å². The maximum atomic E-state index is 13.5. The van der Waals surface area contributed by atoms with Crippen molar-refractivity contribution in [2.75, 3.05) is 7.11 Å². The van der Waals surface area contributed by atoms with E-state index >= 15 is 0 Å². The van der Waals surface area contributed by atoms with Gasteiger partial charge >= 0.3 is 0 Å². The number of carbonyl (C=O) groups excluding carboxylic acids is 1. The molecule has 3 rings (SSSR count).